The molecule has 1 saturated heterocycles. The van der Waals surface area contributed by atoms with Crippen LogP contribution in [0.3, 0.4) is 0 Å². The van der Waals surface area contributed by atoms with Crippen LogP contribution in [0.15, 0.2) is 24.3 Å². The fraction of sp³-hybridized carbons (Fsp3) is 0.588. The first-order valence-corrected chi connectivity index (χ1v) is 7.84. The third kappa shape index (κ3) is 2.35. The van der Waals surface area contributed by atoms with Gasteiger partial charge >= 0.3 is 0 Å². The topological polar surface area (TPSA) is 46.3 Å². The number of amides is 1. The van der Waals surface area contributed by atoms with Gasteiger partial charge in [0.05, 0.1) is 5.41 Å². The van der Waals surface area contributed by atoms with Crippen molar-refractivity contribution < 1.29 is 9.18 Å². The molecule has 1 amide bonds. The molecule has 0 bridgehead atoms. The zero-order valence-electron chi connectivity index (χ0n) is 12.5. The molecule has 1 heterocycles. The van der Waals surface area contributed by atoms with Crippen molar-refractivity contribution in [3.05, 3.63) is 35.6 Å². The molecule has 2 aliphatic rings. The minimum absolute atomic E-state index is 0.169. The van der Waals surface area contributed by atoms with Gasteiger partial charge in [0, 0.05) is 12.6 Å². The molecule has 0 radical (unpaired) electrons. The summed E-state index contributed by atoms with van der Waals surface area (Å²) < 4.78 is 13.6. The number of nitrogens with two attached hydrogens (primary N) is 1. The van der Waals surface area contributed by atoms with Gasteiger partial charge in [0.2, 0.25) is 5.91 Å². The van der Waals surface area contributed by atoms with Gasteiger partial charge in [0.15, 0.2) is 0 Å². The summed E-state index contributed by atoms with van der Waals surface area (Å²) in [5.41, 5.74) is 6.09. The third-order valence-electron chi connectivity index (χ3n) is 5.25. The molecule has 2 N–H and O–H groups in total. The first-order chi connectivity index (χ1) is 10.1. The van der Waals surface area contributed by atoms with E-state index in [1.165, 1.54) is 12.1 Å². The number of carbonyl (C=O) groups is 1. The predicted molar refractivity (Wildman–Crippen MR) is 80.3 cm³/mol. The van der Waals surface area contributed by atoms with E-state index in [1.54, 1.807) is 6.07 Å². The van der Waals surface area contributed by atoms with Crippen LogP contribution in [-0.2, 0) is 10.2 Å². The van der Waals surface area contributed by atoms with Crippen LogP contribution in [0.25, 0.3) is 0 Å². The maximum atomic E-state index is 13.6. The molecule has 2 unspecified atom stereocenters. The molecule has 1 aromatic carbocycles. The van der Waals surface area contributed by atoms with Crippen molar-refractivity contribution in [1.29, 1.82) is 0 Å². The van der Waals surface area contributed by atoms with Crippen LogP contribution in [0.1, 0.15) is 38.2 Å². The molecule has 3 nitrogen and oxygen atoms in total. The van der Waals surface area contributed by atoms with E-state index in [9.17, 15) is 9.18 Å². The second kappa shape index (κ2) is 5.41. The Morgan fingerprint density at radius 2 is 2.24 bits per heavy atom. The van der Waals surface area contributed by atoms with E-state index in [0.717, 1.165) is 37.8 Å². The average Bonchev–Trinajstić information content (AvgIpc) is 2.79. The Kier molecular flexibility index (Phi) is 3.74. The molecule has 1 saturated carbocycles. The van der Waals surface area contributed by atoms with Crippen LogP contribution in [0.4, 0.5) is 4.39 Å². The Bertz CT molecular complexity index is 541. The molecule has 1 aliphatic heterocycles. The minimum atomic E-state index is -0.500. The lowest BCUT2D eigenvalue weighted by molar-refractivity contribution is -0.141. The molecule has 2 fully saturated rings. The van der Waals surface area contributed by atoms with Gasteiger partial charge < -0.3 is 10.6 Å². The highest BCUT2D eigenvalue weighted by atomic mass is 19.1. The second-order valence-corrected chi connectivity index (χ2v) is 6.59. The summed E-state index contributed by atoms with van der Waals surface area (Å²) in [5.74, 6) is 0.303. The zero-order valence-corrected chi connectivity index (χ0v) is 12.5. The molecule has 1 aliphatic carbocycles. The monoisotopic (exact) mass is 290 g/mol. The number of nitrogens with zero attached hydrogens (tertiary/aromatic N) is 1. The van der Waals surface area contributed by atoms with E-state index >= 15 is 0 Å². The normalized spacial score (nSPS) is 27.5. The average molecular weight is 290 g/mol. The highest BCUT2D eigenvalue weighted by molar-refractivity contribution is 5.89. The van der Waals surface area contributed by atoms with E-state index in [1.807, 2.05) is 11.0 Å². The maximum absolute atomic E-state index is 13.6. The first kappa shape index (κ1) is 14.5. The Balaban J connectivity index is 1.88. The smallest absolute Gasteiger partial charge is 0.233 e. The van der Waals surface area contributed by atoms with E-state index in [-0.39, 0.29) is 17.8 Å². The SMILES string of the molecule is CC1CC(CN)CN1C(=O)C1(c2cccc(F)c2)CCC1. The van der Waals surface area contributed by atoms with Crippen molar-refractivity contribution >= 4 is 5.91 Å². The number of rotatable bonds is 3. The standard InChI is InChI=1S/C17H23FN2O/c1-12-8-13(10-19)11-20(12)16(21)17(6-3-7-17)14-4-2-5-15(18)9-14/h2,4-5,9,12-13H,3,6-8,10-11,19H2,1H3. The molecule has 21 heavy (non-hydrogen) atoms. The third-order valence-corrected chi connectivity index (χ3v) is 5.25. The quantitative estimate of drug-likeness (QED) is 0.929. The lowest BCUT2D eigenvalue weighted by atomic mass is 9.63. The van der Waals surface area contributed by atoms with Gasteiger partial charge in [0.1, 0.15) is 5.82 Å². The number of likely N-dealkylation sites (tertiary alicyclic amines) is 1. The van der Waals surface area contributed by atoms with Crippen molar-refractivity contribution in [2.75, 3.05) is 13.1 Å². The summed E-state index contributed by atoms with van der Waals surface area (Å²) >= 11 is 0. The maximum Gasteiger partial charge on any atom is 0.233 e. The first-order valence-electron chi connectivity index (χ1n) is 7.84. The molecule has 2 atom stereocenters. The van der Waals surface area contributed by atoms with Gasteiger partial charge in [0.25, 0.3) is 0 Å². The van der Waals surface area contributed by atoms with Gasteiger partial charge in [-0.1, -0.05) is 18.6 Å². The number of benzene rings is 1. The fourth-order valence-electron chi connectivity index (χ4n) is 3.81. The van der Waals surface area contributed by atoms with Gasteiger partial charge in [-0.15, -0.1) is 0 Å². The summed E-state index contributed by atoms with van der Waals surface area (Å²) in [6, 6.07) is 6.79. The van der Waals surface area contributed by atoms with Gasteiger partial charge in [-0.25, -0.2) is 4.39 Å². The van der Waals surface area contributed by atoms with Crippen molar-refractivity contribution in [1.82, 2.24) is 4.90 Å². The van der Waals surface area contributed by atoms with Gasteiger partial charge in [-0.2, -0.15) is 0 Å². The summed E-state index contributed by atoms with van der Waals surface area (Å²) in [5, 5.41) is 0. The molecule has 1 aromatic rings. The zero-order chi connectivity index (χ0) is 15.0. The Labute approximate surface area is 125 Å². The Morgan fingerprint density at radius 3 is 2.76 bits per heavy atom. The van der Waals surface area contributed by atoms with Crippen molar-refractivity contribution in [2.45, 2.75) is 44.1 Å². The Morgan fingerprint density at radius 1 is 1.48 bits per heavy atom. The highest BCUT2D eigenvalue weighted by Crippen LogP contribution is 2.46. The molecule has 0 aromatic heterocycles. The van der Waals surface area contributed by atoms with Crippen LogP contribution >= 0.6 is 0 Å². The predicted octanol–water partition coefficient (Wildman–Crippen LogP) is 2.44. The van der Waals surface area contributed by atoms with E-state index in [4.69, 9.17) is 5.73 Å². The number of hydrogen-bond donors (Lipinski definition) is 1. The summed E-state index contributed by atoms with van der Waals surface area (Å²) in [4.78, 5) is 15.1. The van der Waals surface area contributed by atoms with E-state index < -0.39 is 5.41 Å². The van der Waals surface area contributed by atoms with Crippen LogP contribution in [0, 0.1) is 11.7 Å². The summed E-state index contributed by atoms with van der Waals surface area (Å²) in [6.45, 7) is 3.46. The summed E-state index contributed by atoms with van der Waals surface area (Å²) in [6.07, 6.45) is 3.66. The highest BCUT2D eigenvalue weighted by Gasteiger charge is 2.49. The molecular weight excluding hydrogens is 267 g/mol. The van der Waals surface area contributed by atoms with E-state index in [2.05, 4.69) is 6.92 Å². The minimum Gasteiger partial charge on any atom is -0.339 e. The molecule has 0 spiro atoms. The van der Waals surface area contributed by atoms with Gasteiger partial charge in [-0.05, 0) is 56.3 Å². The van der Waals surface area contributed by atoms with E-state index in [0.29, 0.717) is 12.5 Å². The molecule has 3 rings (SSSR count). The lowest BCUT2D eigenvalue weighted by Gasteiger charge is -2.44. The molecular formula is C17H23FN2O. The van der Waals surface area contributed by atoms with Crippen LogP contribution < -0.4 is 5.73 Å². The molecule has 114 valence electrons. The lowest BCUT2D eigenvalue weighted by Crippen LogP contribution is -2.52. The van der Waals surface area contributed by atoms with Crippen LogP contribution in [-0.4, -0.2) is 29.9 Å². The Hall–Kier alpha value is -1.42. The van der Waals surface area contributed by atoms with Crippen molar-refractivity contribution in [3.63, 3.8) is 0 Å². The number of halogens is 1. The number of hydrogen-bond acceptors (Lipinski definition) is 2. The van der Waals surface area contributed by atoms with Crippen LogP contribution in [0.5, 0.6) is 0 Å². The fourth-order valence-corrected chi connectivity index (χ4v) is 3.81. The van der Waals surface area contributed by atoms with Crippen LogP contribution in [0.2, 0.25) is 0 Å². The van der Waals surface area contributed by atoms with Gasteiger partial charge in [-0.3, -0.25) is 4.79 Å². The number of carbonyl (C=O) groups excluding carboxylic acids is 1. The molecule has 4 heteroatoms. The van der Waals surface area contributed by atoms with Crippen molar-refractivity contribution in [2.24, 2.45) is 11.7 Å². The second-order valence-electron chi connectivity index (χ2n) is 6.59. The van der Waals surface area contributed by atoms with Crippen molar-refractivity contribution in [3.8, 4) is 0 Å². The largest absolute Gasteiger partial charge is 0.339 e. The summed E-state index contributed by atoms with van der Waals surface area (Å²) in [7, 11) is 0.